The van der Waals surface area contributed by atoms with Crippen LogP contribution in [0.25, 0.3) is 0 Å². The van der Waals surface area contributed by atoms with E-state index in [2.05, 4.69) is 13.8 Å². The van der Waals surface area contributed by atoms with Gasteiger partial charge in [0, 0.05) is 11.1 Å². The summed E-state index contributed by atoms with van der Waals surface area (Å²) in [5.74, 6) is 0. The van der Waals surface area contributed by atoms with Crippen LogP contribution in [0.4, 0.5) is 0 Å². The largest absolute Gasteiger partial charge is 0.326 e. The average Bonchev–Trinajstić information content (AvgIpc) is 2.57. The van der Waals surface area contributed by atoms with Crippen molar-refractivity contribution in [3.63, 3.8) is 0 Å². The molecule has 3 atom stereocenters. The molecular weight excluding hydrogens is 289 g/mol. The van der Waals surface area contributed by atoms with Crippen molar-refractivity contribution < 1.29 is 4.21 Å². The number of rotatable bonds is 2. The molecule has 5 heteroatoms. The topological polar surface area (TPSA) is 43.1 Å². The van der Waals surface area contributed by atoms with Crippen LogP contribution in [0.1, 0.15) is 26.7 Å². The van der Waals surface area contributed by atoms with Gasteiger partial charge in [-0.2, -0.15) is 0 Å². The minimum absolute atomic E-state index is 0.0331. The van der Waals surface area contributed by atoms with Crippen LogP contribution in [-0.2, 0) is 10.8 Å². The van der Waals surface area contributed by atoms with E-state index in [9.17, 15) is 4.21 Å². The molecule has 1 aliphatic carbocycles. The van der Waals surface area contributed by atoms with Gasteiger partial charge in [-0.3, -0.25) is 4.21 Å². The summed E-state index contributed by atoms with van der Waals surface area (Å²) in [5, 5.41) is 0.999. The molecule has 18 heavy (non-hydrogen) atoms. The fraction of sp³-hybridized carbons (Fsp3) is 0.538. The molecule has 2 rings (SSSR count). The first-order valence-electron chi connectivity index (χ1n) is 5.94. The normalized spacial score (nSPS) is 28.3. The molecule has 1 aromatic rings. The molecule has 0 amide bonds. The minimum Gasteiger partial charge on any atom is -0.326 e. The molecular formula is C13H17Cl2NOS. The lowest BCUT2D eigenvalue weighted by molar-refractivity contribution is 0.334. The molecule has 0 saturated heterocycles. The number of nitrogens with two attached hydrogens (primary N) is 1. The fourth-order valence-corrected chi connectivity index (χ4v) is 4.78. The van der Waals surface area contributed by atoms with Gasteiger partial charge in [-0.05, 0) is 36.5 Å². The Morgan fingerprint density at radius 1 is 1.39 bits per heavy atom. The van der Waals surface area contributed by atoms with Crippen LogP contribution in [0.2, 0.25) is 10.0 Å². The van der Waals surface area contributed by atoms with Crippen LogP contribution < -0.4 is 5.73 Å². The third-order valence-corrected chi connectivity index (χ3v) is 6.29. The second-order valence-corrected chi connectivity index (χ2v) is 7.95. The van der Waals surface area contributed by atoms with Crippen LogP contribution in [0.15, 0.2) is 23.1 Å². The Morgan fingerprint density at radius 3 is 2.61 bits per heavy atom. The second kappa shape index (κ2) is 5.12. The molecule has 1 fully saturated rings. The summed E-state index contributed by atoms with van der Waals surface area (Å²) < 4.78 is 12.6. The lowest BCUT2D eigenvalue weighted by Gasteiger charge is -2.26. The Morgan fingerprint density at radius 2 is 2.06 bits per heavy atom. The van der Waals surface area contributed by atoms with Crippen LogP contribution in [0, 0.1) is 5.41 Å². The predicted octanol–water partition coefficient (Wildman–Crippen LogP) is 3.62. The monoisotopic (exact) mass is 305 g/mol. The maximum atomic E-state index is 12.6. The van der Waals surface area contributed by atoms with Gasteiger partial charge in [-0.15, -0.1) is 0 Å². The van der Waals surface area contributed by atoms with Crippen LogP contribution in [0.3, 0.4) is 0 Å². The van der Waals surface area contributed by atoms with Crippen molar-refractivity contribution in [3.05, 3.63) is 28.2 Å². The van der Waals surface area contributed by atoms with Crippen LogP contribution in [0.5, 0.6) is 0 Å². The van der Waals surface area contributed by atoms with E-state index < -0.39 is 10.8 Å². The molecule has 1 saturated carbocycles. The molecule has 2 nitrogen and oxygen atoms in total. The molecule has 2 N–H and O–H groups in total. The van der Waals surface area contributed by atoms with Crippen molar-refractivity contribution in [2.24, 2.45) is 11.1 Å². The van der Waals surface area contributed by atoms with E-state index in [1.165, 1.54) is 0 Å². The van der Waals surface area contributed by atoms with Crippen molar-refractivity contribution in [1.82, 2.24) is 0 Å². The van der Waals surface area contributed by atoms with Gasteiger partial charge in [-0.1, -0.05) is 37.0 Å². The molecule has 0 spiro atoms. The van der Waals surface area contributed by atoms with Gasteiger partial charge in [0.05, 0.1) is 26.0 Å². The maximum absolute atomic E-state index is 12.6. The summed E-state index contributed by atoms with van der Waals surface area (Å²) in [4.78, 5) is 0.599. The first kappa shape index (κ1) is 14.3. The van der Waals surface area contributed by atoms with E-state index in [1.807, 2.05) is 0 Å². The highest BCUT2D eigenvalue weighted by Crippen LogP contribution is 2.40. The van der Waals surface area contributed by atoms with Gasteiger partial charge >= 0.3 is 0 Å². The summed E-state index contributed by atoms with van der Waals surface area (Å²) >= 11 is 12.0. The van der Waals surface area contributed by atoms with Gasteiger partial charge in [0.25, 0.3) is 0 Å². The lowest BCUT2D eigenvalue weighted by atomic mass is 9.88. The molecule has 0 aliphatic heterocycles. The molecule has 1 aromatic carbocycles. The molecule has 1 aliphatic rings. The Labute approximate surface area is 120 Å². The SMILES string of the molecule is CC1(C)CCC(S(=O)c2cc(Cl)ccc2Cl)C1N. The second-order valence-electron chi connectivity index (χ2n) is 5.46. The summed E-state index contributed by atoms with van der Waals surface area (Å²) in [6.45, 7) is 4.24. The van der Waals surface area contributed by atoms with E-state index in [0.29, 0.717) is 14.9 Å². The molecule has 0 bridgehead atoms. The van der Waals surface area contributed by atoms with Crippen molar-refractivity contribution in [3.8, 4) is 0 Å². The van der Waals surface area contributed by atoms with Gasteiger partial charge in [-0.25, -0.2) is 0 Å². The van der Waals surface area contributed by atoms with E-state index in [1.54, 1.807) is 18.2 Å². The molecule has 0 heterocycles. The standard InChI is InChI=1S/C13H17Cl2NOS/c1-13(2)6-5-10(12(13)16)18(17)11-7-8(14)3-4-9(11)15/h3-4,7,10,12H,5-6,16H2,1-2H3. The van der Waals surface area contributed by atoms with Gasteiger partial charge in [0.2, 0.25) is 0 Å². The summed E-state index contributed by atoms with van der Waals surface area (Å²) in [6.07, 6.45) is 1.85. The minimum atomic E-state index is -1.20. The summed E-state index contributed by atoms with van der Waals surface area (Å²) in [7, 11) is -1.20. The first-order chi connectivity index (χ1) is 8.33. The van der Waals surface area contributed by atoms with Crippen LogP contribution in [-0.4, -0.2) is 15.5 Å². The molecule has 0 aromatic heterocycles. The van der Waals surface area contributed by atoms with Crippen molar-refractivity contribution in [2.75, 3.05) is 0 Å². The smallest absolute Gasteiger partial charge is 0.0592 e. The van der Waals surface area contributed by atoms with Crippen molar-refractivity contribution in [1.29, 1.82) is 0 Å². The third kappa shape index (κ3) is 2.60. The predicted molar refractivity (Wildman–Crippen MR) is 77.6 cm³/mol. The highest BCUT2D eigenvalue weighted by Gasteiger charge is 2.43. The quantitative estimate of drug-likeness (QED) is 0.907. The van der Waals surface area contributed by atoms with E-state index >= 15 is 0 Å². The third-order valence-electron chi connectivity index (χ3n) is 3.76. The number of hydrogen-bond acceptors (Lipinski definition) is 2. The van der Waals surface area contributed by atoms with Gasteiger partial charge in [0.15, 0.2) is 0 Å². The zero-order valence-corrected chi connectivity index (χ0v) is 12.8. The highest BCUT2D eigenvalue weighted by molar-refractivity contribution is 7.86. The lowest BCUT2D eigenvalue weighted by Crippen LogP contribution is -2.41. The Kier molecular flexibility index (Phi) is 4.07. The van der Waals surface area contributed by atoms with Crippen LogP contribution >= 0.6 is 23.2 Å². The number of hydrogen-bond donors (Lipinski definition) is 1. The average molecular weight is 306 g/mol. The van der Waals surface area contributed by atoms with Gasteiger partial charge < -0.3 is 5.73 Å². The highest BCUT2D eigenvalue weighted by atomic mass is 35.5. The van der Waals surface area contributed by atoms with Crippen molar-refractivity contribution >= 4 is 34.0 Å². The zero-order chi connectivity index (χ0) is 13.5. The number of halogens is 2. The first-order valence-corrected chi connectivity index (χ1v) is 7.91. The molecule has 3 unspecified atom stereocenters. The van der Waals surface area contributed by atoms with Gasteiger partial charge in [0.1, 0.15) is 0 Å². The molecule has 0 radical (unpaired) electrons. The molecule has 100 valence electrons. The summed E-state index contributed by atoms with van der Waals surface area (Å²) in [5.41, 5.74) is 6.25. The van der Waals surface area contributed by atoms with E-state index in [0.717, 1.165) is 12.8 Å². The Hall–Kier alpha value is -0.0900. The van der Waals surface area contributed by atoms with Crippen molar-refractivity contribution in [2.45, 2.75) is 42.9 Å². The van der Waals surface area contributed by atoms with E-state index in [4.69, 9.17) is 28.9 Å². The number of benzene rings is 1. The Balaban J connectivity index is 2.30. The zero-order valence-electron chi connectivity index (χ0n) is 10.5. The van der Waals surface area contributed by atoms with E-state index in [-0.39, 0.29) is 16.7 Å². The summed E-state index contributed by atoms with van der Waals surface area (Å²) in [6, 6.07) is 4.98. The Bertz CT molecular complexity index is 490. The fourth-order valence-electron chi connectivity index (χ4n) is 2.40. The maximum Gasteiger partial charge on any atom is 0.0592 e.